The van der Waals surface area contributed by atoms with Crippen LogP contribution in [0.3, 0.4) is 0 Å². The van der Waals surface area contributed by atoms with Gasteiger partial charge in [-0.05, 0) is 19.4 Å². The molecule has 0 saturated carbocycles. The van der Waals surface area contributed by atoms with Crippen LogP contribution >= 0.6 is 12.4 Å². The van der Waals surface area contributed by atoms with Gasteiger partial charge in [-0.15, -0.1) is 12.4 Å². The van der Waals surface area contributed by atoms with Crippen molar-refractivity contribution in [3.63, 3.8) is 0 Å². The Bertz CT molecular complexity index is 91.6. The van der Waals surface area contributed by atoms with E-state index >= 15 is 0 Å². The first-order valence-electron chi connectivity index (χ1n) is 3.58. The van der Waals surface area contributed by atoms with Gasteiger partial charge in [0.05, 0.1) is 0 Å². The minimum atomic E-state index is 0. The van der Waals surface area contributed by atoms with E-state index in [2.05, 4.69) is 12.2 Å². The van der Waals surface area contributed by atoms with Crippen LogP contribution in [0.25, 0.3) is 0 Å². The van der Waals surface area contributed by atoms with Crippen LogP contribution in [0.4, 0.5) is 0 Å². The Hall–Kier alpha value is 0.210. The number of aliphatic hydroxyl groups is 1. The van der Waals surface area contributed by atoms with Crippen molar-refractivity contribution in [3.8, 4) is 0 Å². The number of hydrogen-bond acceptors (Lipinski definition) is 2. The highest BCUT2D eigenvalue weighted by Gasteiger charge is 2.24. The molecule has 0 radical (unpaired) electrons. The maximum absolute atomic E-state index is 8.91. The van der Waals surface area contributed by atoms with Gasteiger partial charge in [-0.1, -0.05) is 6.92 Å². The Labute approximate surface area is 68.4 Å². The number of piperidine rings is 1. The average molecular weight is 166 g/mol. The molecule has 0 aromatic rings. The highest BCUT2D eigenvalue weighted by Crippen LogP contribution is 2.23. The summed E-state index contributed by atoms with van der Waals surface area (Å²) < 4.78 is 0. The molecule has 0 aliphatic carbocycles. The average Bonchev–Trinajstić information content (AvgIpc) is 1.90. The lowest BCUT2D eigenvalue weighted by molar-refractivity contribution is 0.113. The molecule has 1 aliphatic rings. The molecule has 1 rings (SSSR count). The maximum atomic E-state index is 8.91. The maximum Gasteiger partial charge on any atom is 0.0496 e. The third-order valence-electron chi connectivity index (χ3n) is 2.07. The molecule has 0 aromatic heterocycles. The van der Waals surface area contributed by atoms with E-state index in [1.54, 1.807) is 0 Å². The first kappa shape index (κ1) is 10.2. The van der Waals surface area contributed by atoms with Gasteiger partial charge in [0.15, 0.2) is 0 Å². The summed E-state index contributed by atoms with van der Waals surface area (Å²) in [6.07, 6.45) is 2.37. The Morgan fingerprint density at radius 2 is 2.30 bits per heavy atom. The molecule has 2 nitrogen and oxygen atoms in total. The molecule has 0 bridgehead atoms. The molecule has 1 saturated heterocycles. The minimum absolute atomic E-state index is 0. The van der Waals surface area contributed by atoms with E-state index in [9.17, 15) is 0 Å². The Morgan fingerprint density at radius 1 is 1.60 bits per heavy atom. The minimum Gasteiger partial charge on any atom is -0.396 e. The fraction of sp³-hybridized carbons (Fsp3) is 1.00. The summed E-state index contributed by atoms with van der Waals surface area (Å²) in [5.41, 5.74) is 0.165. The predicted molar refractivity (Wildman–Crippen MR) is 44.5 cm³/mol. The first-order chi connectivity index (χ1) is 4.27. The molecule has 1 fully saturated rings. The van der Waals surface area contributed by atoms with Gasteiger partial charge >= 0.3 is 0 Å². The quantitative estimate of drug-likeness (QED) is 0.602. The van der Waals surface area contributed by atoms with Crippen molar-refractivity contribution < 1.29 is 5.11 Å². The summed E-state index contributed by atoms with van der Waals surface area (Å²) >= 11 is 0. The van der Waals surface area contributed by atoms with Crippen LogP contribution in [0.1, 0.15) is 19.8 Å². The zero-order chi connectivity index (χ0) is 6.74. The van der Waals surface area contributed by atoms with Crippen molar-refractivity contribution in [1.29, 1.82) is 0 Å². The predicted octanol–water partition coefficient (Wildman–Crippen LogP) is 0.790. The number of halogens is 1. The summed E-state index contributed by atoms with van der Waals surface area (Å²) in [5, 5.41) is 12.2. The van der Waals surface area contributed by atoms with Gasteiger partial charge in [-0.25, -0.2) is 0 Å². The zero-order valence-corrected chi connectivity index (χ0v) is 7.21. The topological polar surface area (TPSA) is 32.3 Å². The molecule has 0 spiro atoms. The summed E-state index contributed by atoms with van der Waals surface area (Å²) in [6.45, 7) is 4.54. The Kier molecular flexibility index (Phi) is 4.25. The molecule has 1 atom stereocenters. The van der Waals surface area contributed by atoms with Crippen LogP contribution < -0.4 is 5.32 Å². The van der Waals surface area contributed by atoms with E-state index in [-0.39, 0.29) is 17.8 Å². The summed E-state index contributed by atoms with van der Waals surface area (Å²) in [4.78, 5) is 0. The fourth-order valence-electron chi connectivity index (χ4n) is 1.25. The lowest BCUT2D eigenvalue weighted by atomic mass is 9.84. The van der Waals surface area contributed by atoms with Gasteiger partial charge < -0.3 is 10.4 Å². The summed E-state index contributed by atoms with van der Waals surface area (Å²) in [6, 6.07) is 0. The van der Waals surface area contributed by atoms with Gasteiger partial charge in [-0.3, -0.25) is 0 Å². The van der Waals surface area contributed by atoms with Crippen LogP contribution in [0.15, 0.2) is 0 Å². The van der Waals surface area contributed by atoms with E-state index in [1.165, 1.54) is 6.42 Å². The van der Waals surface area contributed by atoms with Crippen molar-refractivity contribution in [3.05, 3.63) is 0 Å². The lowest BCUT2D eigenvalue weighted by Crippen LogP contribution is -2.40. The van der Waals surface area contributed by atoms with Crippen molar-refractivity contribution in [2.75, 3.05) is 19.7 Å². The normalized spacial score (nSPS) is 33.0. The van der Waals surface area contributed by atoms with E-state index < -0.39 is 0 Å². The SMILES string of the molecule is C[C@@]1(CO)CCCNC1.Cl. The molecule has 2 N–H and O–H groups in total. The van der Waals surface area contributed by atoms with Gasteiger partial charge in [0.1, 0.15) is 0 Å². The lowest BCUT2D eigenvalue weighted by Gasteiger charge is -2.31. The van der Waals surface area contributed by atoms with Gasteiger partial charge in [0.2, 0.25) is 0 Å². The standard InChI is InChI=1S/C7H15NO.ClH/c1-7(6-9)3-2-4-8-5-7;/h8-9H,2-6H2,1H3;1H/t7-;/m1./s1. The molecular formula is C7H16ClNO. The second kappa shape index (κ2) is 4.16. The van der Waals surface area contributed by atoms with Gasteiger partial charge in [0, 0.05) is 18.6 Å². The van der Waals surface area contributed by atoms with Gasteiger partial charge in [-0.2, -0.15) is 0 Å². The van der Waals surface area contributed by atoms with Gasteiger partial charge in [0.25, 0.3) is 0 Å². The second-order valence-electron chi connectivity index (χ2n) is 3.25. The molecule has 10 heavy (non-hydrogen) atoms. The third-order valence-corrected chi connectivity index (χ3v) is 2.07. The van der Waals surface area contributed by atoms with Crippen LogP contribution in [0.2, 0.25) is 0 Å². The molecule has 1 aliphatic heterocycles. The van der Waals surface area contributed by atoms with E-state index in [1.807, 2.05) is 0 Å². The van der Waals surface area contributed by atoms with Crippen molar-refractivity contribution in [1.82, 2.24) is 5.32 Å². The smallest absolute Gasteiger partial charge is 0.0496 e. The van der Waals surface area contributed by atoms with E-state index in [0.717, 1.165) is 19.5 Å². The molecule has 1 heterocycles. The van der Waals surface area contributed by atoms with E-state index in [0.29, 0.717) is 6.61 Å². The monoisotopic (exact) mass is 165 g/mol. The first-order valence-corrected chi connectivity index (χ1v) is 3.58. The second-order valence-corrected chi connectivity index (χ2v) is 3.25. The number of rotatable bonds is 1. The highest BCUT2D eigenvalue weighted by atomic mass is 35.5. The van der Waals surface area contributed by atoms with Crippen LogP contribution in [-0.2, 0) is 0 Å². The zero-order valence-electron chi connectivity index (χ0n) is 6.39. The van der Waals surface area contributed by atoms with Crippen LogP contribution in [-0.4, -0.2) is 24.8 Å². The largest absolute Gasteiger partial charge is 0.396 e. The highest BCUT2D eigenvalue weighted by molar-refractivity contribution is 5.85. The summed E-state index contributed by atoms with van der Waals surface area (Å²) in [5.74, 6) is 0. The number of hydrogen-bond donors (Lipinski definition) is 2. The molecule has 3 heteroatoms. The molecule has 0 unspecified atom stereocenters. The van der Waals surface area contributed by atoms with Crippen molar-refractivity contribution in [2.24, 2.45) is 5.41 Å². The van der Waals surface area contributed by atoms with Crippen LogP contribution in [0, 0.1) is 5.41 Å². The molecular weight excluding hydrogens is 150 g/mol. The molecule has 0 amide bonds. The van der Waals surface area contributed by atoms with E-state index in [4.69, 9.17) is 5.11 Å². The fourth-order valence-corrected chi connectivity index (χ4v) is 1.25. The van der Waals surface area contributed by atoms with Crippen molar-refractivity contribution >= 4 is 12.4 Å². The Morgan fingerprint density at radius 3 is 2.60 bits per heavy atom. The number of aliphatic hydroxyl groups excluding tert-OH is 1. The molecule has 62 valence electrons. The van der Waals surface area contributed by atoms with Crippen LogP contribution in [0.5, 0.6) is 0 Å². The summed E-state index contributed by atoms with van der Waals surface area (Å²) in [7, 11) is 0. The van der Waals surface area contributed by atoms with Crippen molar-refractivity contribution in [2.45, 2.75) is 19.8 Å². The number of nitrogens with one attached hydrogen (secondary N) is 1. The third kappa shape index (κ3) is 2.45. The molecule has 0 aromatic carbocycles. The Balaban J connectivity index is 0.000000810.